The maximum Gasteiger partial charge on any atom is 0.0948 e. The van der Waals surface area contributed by atoms with Gasteiger partial charge in [0, 0.05) is 60.7 Å². The van der Waals surface area contributed by atoms with E-state index in [1.54, 1.807) is 0 Å². The highest BCUT2D eigenvalue weighted by Gasteiger charge is 2.19. The number of aryl methyl sites for hydroxylation is 1. The standard InChI is InChI=1S/C25H29N5/c1-2-29-18-26-16-23(29)17-27-21-11-13-30(14-12-21)22-9-7-19(8-10-22)25-15-20-5-3-4-6-24(20)28-25/h3-10,15-16,18,21,27-28H,2,11-14,17H2,1H3. The first-order chi connectivity index (χ1) is 14.8. The molecule has 0 saturated carbocycles. The average molecular weight is 400 g/mol. The molecule has 5 heteroatoms. The Morgan fingerprint density at radius 3 is 2.63 bits per heavy atom. The lowest BCUT2D eigenvalue weighted by molar-refractivity contribution is 0.409. The monoisotopic (exact) mass is 399 g/mol. The minimum atomic E-state index is 0.576. The first-order valence-corrected chi connectivity index (χ1v) is 11.0. The number of nitrogens with one attached hydrogen (secondary N) is 2. The molecule has 5 nitrogen and oxygen atoms in total. The number of aromatic amines is 1. The predicted octanol–water partition coefficient (Wildman–Crippen LogP) is 4.81. The molecule has 0 amide bonds. The van der Waals surface area contributed by atoms with Gasteiger partial charge in [0.1, 0.15) is 0 Å². The molecule has 154 valence electrons. The van der Waals surface area contributed by atoms with Crippen molar-refractivity contribution >= 4 is 16.6 Å². The van der Waals surface area contributed by atoms with Crippen molar-refractivity contribution in [3.63, 3.8) is 0 Å². The number of anilines is 1. The molecule has 0 aliphatic carbocycles. The van der Waals surface area contributed by atoms with Crippen molar-refractivity contribution in [2.75, 3.05) is 18.0 Å². The van der Waals surface area contributed by atoms with Crippen LogP contribution in [0.25, 0.3) is 22.2 Å². The van der Waals surface area contributed by atoms with Crippen LogP contribution in [-0.4, -0.2) is 33.7 Å². The van der Waals surface area contributed by atoms with Gasteiger partial charge in [-0.25, -0.2) is 4.98 Å². The number of piperidine rings is 1. The summed E-state index contributed by atoms with van der Waals surface area (Å²) < 4.78 is 2.21. The van der Waals surface area contributed by atoms with Gasteiger partial charge in [-0.15, -0.1) is 0 Å². The Labute approximate surface area is 177 Å². The number of para-hydroxylation sites is 1. The molecular formula is C25H29N5. The fraction of sp³-hybridized carbons (Fsp3) is 0.320. The van der Waals surface area contributed by atoms with Crippen LogP contribution >= 0.6 is 0 Å². The van der Waals surface area contributed by atoms with Crippen LogP contribution in [0.2, 0.25) is 0 Å². The highest BCUT2D eigenvalue weighted by Crippen LogP contribution is 2.27. The van der Waals surface area contributed by atoms with Gasteiger partial charge in [-0.2, -0.15) is 0 Å². The number of benzene rings is 2. The first kappa shape index (κ1) is 18.9. The molecule has 3 heterocycles. The summed E-state index contributed by atoms with van der Waals surface area (Å²) in [6, 6.07) is 20.2. The molecule has 2 aromatic heterocycles. The Bertz CT molecular complexity index is 1070. The molecule has 2 N–H and O–H groups in total. The maximum absolute atomic E-state index is 4.26. The molecule has 0 bridgehead atoms. The lowest BCUT2D eigenvalue weighted by Crippen LogP contribution is -2.42. The molecular weight excluding hydrogens is 370 g/mol. The third-order valence-electron chi connectivity index (χ3n) is 6.28. The zero-order valence-electron chi connectivity index (χ0n) is 17.5. The second-order valence-electron chi connectivity index (χ2n) is 8.13. The fourth-order valence-electron chi connectivity index (χ4n) is 4.45. The van der Waals surface area contributed by atoms with Crippen molar-refractivity contribution in [3.05, 3.63) is 72.8 Å². The van der Waals surface area contributed by atoms with Crippen LogP contribution in [0, 0.1) is 0 Å². The summed E-state index contributed by atoms with van der Waals surface area (Å²) in [5.74, 6) is 0. The maximum atomic E-state index is 4.26. The molecule has 30 heavy (non-hydrogen) atoms. The smallest absolute Gasteiger partial charge is 0.0948 e. The normalized spacial score (nSPS) is 15.2. The number of hydrogen-bond donors (Lipinski definition) is 2. The summed E-state index contributed by atoms with van der Waals surface area (Å²) in [4.78, 5) is 10.3. The molecule has 1 aliphatic heterocycles. The molecule has 1 saturated heterocycles. The van der Waals surface area contributed by atoms with Gasteiger partial charge < -0.3 is 19.8 Å². The van der Waals surface area contributed by atoms with E-state index in [1.165, 1.54) is 46.4 Å². The van der Waals surface area contributed by atoms with Crippen LogP contribution in [-0.2, 0) is 13.1 Å². The summed E-state index contributed by atoms with van der Waals surface area (Å²) in [5, 5.41) is 4.98. The van der Waals surface area contributed by atoms with Gasteiger partial charge in [0.25, 0.3) is 0 Å². The Kier molecular flexibility index (Phi) is 5.28. The molecule has 1 aliphatic rings. The van der Waals surface area contributed by atoms with E-state index in [0.29, 0.717) is 6.04 Å². The summed E-state index contributed by atoms with van der Waals surface area (Å²) in [6.07, 6.45) is 6.23. The van der Waals surface area contributed by atoms with Crippen LogP contribution in [0.1, 0.15) is 25.5 Å². The molecule has 1 fully saturated rings. The number of H-pyrrole nitrogens is 1. The molecule has 0 spiro atoms. The van der Waals surface area contributed by atoms with Gasteiger partial charge in [0.05, 0.1) is 12.0 Å². The lowest BCUT2D eigenvalue weighted by atomic mass is 10.0. The third-order valence-corrected chi connectivity index (χ3v) is 6.28. The quantitative estimate of drug-likeness (QED) is 0.489. The number of nitrogens with zero attached hydrogens (tertiary/aromatic N) is 3. The minimum absolute atomic E-state index is 0.576. The van der Waals surface area contributed by atoms with Gasteiger partial charge in [-0.05, 0) is 49.6 Å². The van der Waals surface area contributed by atoms with Crippen molar-refractivity contribution in [2.24, 2.45) is 0 Å². The Morgan fingerprint density at radius 2 is 1.87 bits per heavy atom. The van der Waals surface area contributed by atoms with E-state index in [-0.39, 0.29) is 0 Å². The summed E-state index contributed by atoms with van der Waals surface area (Å²) >= 11 is 0. The van der Waals surface area contributed by atoms with Crippen LogP contribution in [0.15, 0.2) is 67.1 Å². The van der Waals surface area contributed by atoms with Crippen LogP contribution in [0.5, 0.6) is 0 Å². The SMILES string of the molecule is CCn1cncc1CNC1CCN(c2ccc(-c3cc4ccccc4[nH]3)cc2)CC1. The largest absolute Gasteiger partial charge is 0.371 e. The topological polar surface area (TPSA) is 48.9 Å². The number of imidazole rings is 1. The average Bonchev–Trinajstić information content (AvgIpc) is 3.44. The number of hydrogen-bond acceptors (Lipinski definition) is 3. The van der Waals surface area contributed by atoms with E-state index in [2.05, 4.69) is 86.3 Å². The van der Waals surface area contributed by atoms with Crippen molar-refractivity contribution in [1.82, 2.24) is 19.9 Å². The molecule has 0 atom stereocenters. The molecule has 4 aromatic rings. The zero-order valence-corrected chi connectivity index (χ0v) is 17.5. The zero-order chi connectivity index (χ0) is 20.3. The predicted molar refractivity (Wildman–Crippen MR) is 124 cm³/mol. The van der Waals surface area contributed by atoms with Gasteiger partial charge in [-0.1, -0.05) is 30.3 Å². The summed E-state index contributed by atoms with van der Waals surface area (Å²) in [7, 11) is 0. The van der Waals surface area contributed by atoms with Gasteiger partial charge >= 0.3 is 0 Å². The van der Waals surface area contributed by atoms with Crippen LogP contribution < -0.4 is 10.2 Å². The van der Waals surface area contributed by atoms with E-state index >= 15 is 0 Å². The van der Waals surface area contributed by atoms with Gasteiger partial charge in [0.15, 0.2) is 0 Å². The fourth-order valence-corrected chi connectivity index (χ4v) is 4.45. The van der Waals surface area contributed by atoms with E-state index in [9.17, 15) is 0 Å². The van der Waals surface area contributed by atoms with Crippen LogP contribution in [0.4, 0.5) is 5.69 Å². The lowest BCUT2D eigenvalue weighted by Gasteiger charge is -2.34. The Morgan fingerprint density at radius 1 is 1.07 bits per heavy atom. The van der Waals surface area contributed by atoms with Crippen molar-refractivity contribution in [1.29, 1.82) is 0 Å². The van der Waals surface area contributed by atoms with Crippen molar-refractivity contribution in [2.45, 2.75) is 38.9 Å². The number of fused-ring (bicyclic) bond motifs is 1. The van der Waals surface area contributed by atoms with Gasteiger partial charge in [0.2, 0.25) is 0 Å². The Balaban J connectivity index is 1.18. The first-order valence-electron chi connectivity index (χ1n) is 11.0. The minimum Gasteiger partial charge on any atom is -0.371 e. The van der Waals surface area contributed by atoms with Gasteiger partial charge in [-0.3, -0.25) is 0 Å². The molecule has 2 aromatic carbocycles. The molecule has 0 unspecified atom stereocenters. The number of aromatic nitrogens is 3. The highest BCUT2D eigenvalue weighted by molar-refractivity contribution is 5.85. The van der Waals surface area contributed by atoms with E-state index in [0.717, 1.165) is 26.2 Å². The Hall–Kier alpha value is -3.05. The summed E-state index contributed by atoms with van der Waals surface area (Å²) in [6.45, 7) is 6.22. The second-order valence-corrected chi connectivity index (χ2v) is 8.13. The number of rotatable bonds is 6. The van der Waals surface area contributed by atoms with E-state index in [1.807, 2.05) is 12.5 Å². The van der Waals surface area contributed by atoms with Crippen molar-refractivity contribution in [3.8, 4) is 11.3 Å². The molecule has 0 radical (unpaired) electrons. The van der Waals surface area contributed by atoms with E-state index < -0.39 is 0 Å². The van der Waals surface area contributed by atoms with Crippen LogP contribution in [0.3, 0.4) is 0 Å². The second kappa shape index (κ2) is 8.36. The summed E-state index contributed by atoms with van der Waals surface area (Å²) in [5.41, 5.74) is 6.19. The highest BCUT2D eigenvalue weighted by atomic mass is 15.2. The third kappa shape index (κ3) is 3.85. The van der Waals surface area contributed by atoms with E-state index in [4.69, 9.17) is 0 Å². The van der Waals surface area contributed by atoms with Crippen molar-refractivity contribution < 1.29 is 0 Å². The molecule has 5 rings (SSSR count).